The summed E-state index contributed by atoms with van der Waals surface area (Å²) in [7, 11) is 0. The Bertz CT molecular complexity index is 500. The van der Waals surface area contributed by atoms with E-state index in [0.29, 0.717) is 12.5 Å². The molecule has 0 atom stereocenters. The van der Waals surface area contributed by atoms with Crippen LogP contribution in [0.15, 0.2) is 5.38 Å². The second-order valence-electron chi connectivity index (χ2n) is 4.33. The molecule has 2 heterocycles. The molecule has 17 heavy (non-hydrogen) atoms. The van der Waals surface area contributed by atoms with Crippen LogP contribution in [0.3, 0.4) is 0 Å². The van der Waals surface area contributed by atoms with Gasteiger partial charge < -0.3 is 5.73 Å². The third-order valence-electron chi connectivity index (χ3n) is 2.47. The van der Waals surface area contributed by atoms with Crippen molar-refractivity contribution in [1.82, 2.24) is 9.97 Å². The zero-order valence-electron chi connectivity index (χ0n) is 10.4. The molecule has 0 fully saturated rings. The van der Waals surface area contributed by atoms with Gasteiger partial charge in [0.1, 0.15) is 0 Å². The van der Waals surface area contributed by atoms with E-state index in [1.165, 1.54) is 4.88 Å². The van der Waals surface area contributed by atoms with Crippen molar-refractivity contribution in [2.75, 3.05) is 0 Å². The van der Waals surface area contributed by atoms with Crippen LogP contribution in [0.25, 0.3) is 0 Å². The van der Waals surface area contributed by atoms with Crippen LogP contribution in [0.5, 0.6) is 0 Å². The molecule has 2 aromatic heterocycles. The van der Waals surface area contributed by atoms with Gasteiger partial charge in [-0.25, -0.2) is 9.97 Å². The standard InChI is InChI=1S/C12H17N3S2/c1-7(2)12-9(5-13)17-11(15-12)4-10-14-8(3)6-16-10/h6-7H,4-5,13H2,1-3H3. The molecule has 5 heteroatoms. The first-order valence-electron chi connectivity index (χ1n) is 5.69. The molecule has 0 spiro atoms. The van der Waals surface area contributed by atoms with Crippen LogP contribution in [0, 0.1) is 6.92 Å². The third-order valence-corrected chi connectivity index (χ3v) is 4.53. The SMILES string of the molecule is Cc1csc(Cc2nc(C(C)C)c(CN)s2)n1. The number of aromatic nitrogens is 2. The van der Waals surface area contributed by atoms with Crippen LogP contribution < -0.4 is 5.73 Å². The number of nitrogens with zero attached hydrogens (tertiary/aromatic N) is 2. The van der Waals surface area contributed by atoms with Gasteiger partial charge in [-0.15, -0.1) is 22.7 Å². The Morgan fingerprint density at radius 1 is 1.29 bits per heavy atom. The second-order valence-corrected chi connectivity index (χ2v) is 6.45. The maximum absolute atomic E-state index is 5.76. The van der Waals surface area contributed by atoms with Gasteiger partial charge >= 0.3 is 0 Å². The van der Waals surface area contributed by atoms with E-state index in [4.69, 9.17) is 10.7 Å². The number of rotatable bonds is 4. The molecule has 0 radical (unpaired) electrons. The Kier molecular flexibility index (Phi) is 3.91. The molecule has 0 aliphatic rings. The molecule has 2 rings (SSSR count). The molecule has 0 aromatic carbocycles. The lowest BCUT2D eigenvalue weighted by Crippen LogP contribution is -1.99. The van der Waals surface area contributed by atoms with E-state index in [1.54, 1.807) is 22.7 Å². The molecule has 0 aliphatic carbocycles. The molecule has 0 saturated heterocycles. The summed E-state index contributed by atoms with van der Waals surface area (Å²) in [5.41, 5.74) is 8.00. The van der Waals surface area contributed by atoms with Crippen molar-refractivity contribution in [2.24, 2.45) is 5.73 Å². The Hall–Kier alpha value is -0.780. The van der Waals surface area contributed by atoms with Gasteiger partial charge in [-0.2, -0.15) is 0 Å². The van der Waals surface area contributed by atoms with Gasteiger partial charge in [0.05, 0.1) is 22.1 Å². The number of aryl methyl sites for hydroxylation is 1. The Morgan fingerprint density at radius 3 is 2.53 bits per heavy atom. The minimum absolute atomic E-state index is 0.441. The summed E-state index contributed by atoms with van der Waals surface area (Å²) in [6.45, 7) is 6.92. The van der Waals surface area contributed by atoms with Crippen LogP contribution in [0.2, 0.25) is 0 Å². The van der Waals surface area contributed by atoms with Crippen molar-refractivity contribution in [1.29, 1.82) is 0 Å². The molecule has 92 valence electrons. The van der Waals surface area contributed by atoms with Crippen LogP contribution in [0.4, 0.5) is 0 Å². The zero-order chi connectivity index (χ0) is 12.4. The first kappa shape index (κ1) is 12.7. The molecular formula is C12H17N3S2. The summed E-state index contributed by atoms with van der Waals surface area (Å²) >= 11 is 3.42. The predicted molar refractivity (Wildman–Crippen MR) is 73.8 cm³/mol. The molecule has 0 amide bonds. The van der Waals surface area contributed by atoms with Gasteiger partial charge in [-0.05, 0) is 12.8 Å². The Balaban J connectivity index is 2.22. The van der Waals surface area contributed by atoms with Gasteiger partial charge in [0.25, 0.3) is 0 Å². The average Bonchev–Trinajstić information content (AvgIpc) is 2.85. The van der Waals surface area contributed by atoms with Crippen molar-refractivity contribution in [2.45, 2.75) is 39.7 Å². The highest BCUT2D eigenvalue weighted by Gasteiger charge is 2.14. The van der Waals surface area contributed by atoms with Crippen LogP contribution in [-0.4, -0.2) is 9.97 Å². The first-order valence-corrected chi connectivity index (χ1v) is 7.39. The monoisotopic (exact) mass is 267 g/mol. The van der Waals surface area contributed by atoms with E-state index < -0.39 is 0 Å². The fraction of sp³-hybridized carbons (Fsp3) is 0.500. The van der Waals surface area contributed by atoms with Crippen molar-refractivity contribution < 1.29 is 0 Å². The molecule has 0 bridgehead atoms. The van der Waals surface area contributed by atoms with Gasteiger partial charge in [-0.3, -0.25) is 0 Å². The van der Waals surface area contributed by atoms with Gasteiger partial charge in [-0.1, -0.05) is 13.8 Å². The minimum Gasteiger partial charge on any atom is -0.326 e. The molecule has 2 N–H and O–H groups in total. The summed E-state index contributed by atoms with van der Waals surface area (Å²) in [5.74, 6) is 0.441. The fourth-order valence-electron chi connectivity index (χ4n) is 1.70. The van der Waals surface area contributed by atoms with Crippen molar-refractivity contribution in [3.8, 4) is 0 Å². The molecule has 3 nitrogen and oxygen atoms in total. The highest BCUT2D eigenvalue weighted by atomic mass is 32.1. The van der Waals surface area contributed by atoms with Crippen molar-refractivity contribution >= 4 is 22.7 Å². The van der Waals surface area contributed by atoms with E-state index in [-0.39, 0.29) is 0 Å². The first-order chi connectivity index (χ1) is 8.10. The van der Waals surface area contributed by atoms with Gasteiger partial charge in [0, 0.05) is 22.5 Å². The summed E-state index contributed by atoms with van der Waals surface area (Å²) in [6.07, 6.45) is 0.836. The predicted octanol–water partition coefficient (Wildman–Crippen LogP) is 3.08. The largest absolute Gasteiger partial charge is 0.326 e. The molecule has 0 aliphatic heterocycles. The van der Waals surface area contributed by atoms with Gasteiger partial charge in [0.15, 0.2) is 0 Å². The maximum atomic E-state index is 5.76. The van der Waals surface area contributed by atoms with E-state index in [2.05, 4.69) is 24.2 Å². The van der Waals surface area contributed by atoms with E-state index in [1.807, 2.05) is 6.92 Å². The highest BCUT2D eigenvalue weighted by molar-refractivity contribution is 7.12. The van der Waals surface area contributed by atoms with Crippen LogP contribution in [0.1, 0.15) is 46.0 Å². The lowest BCUT2D eigenvalue weighted by Gasteiger charge is -2.01. The van der Waals surface area contributed by atoms with E-state index >= 15 is 0 Å². The molecular weight excluding hydrogens is 250 g/mol. The minimum atomic E-state index is 0.441. The number of hydrogen-bond donors (Lipinski definition) is 1. The molecule has 0 saturated carbocycles. The summed E-state index contributed by atoms with van der Waals surface area (Å²) in [4.78, 5) is 10.4. The number of nitrogens with two attached hydrogens (primary N) is 1. The highest BCUT2D eigenvalue weighted by Crippen LogP contribution is 2.26. The van der Waals surface area contributed by atoms with Crippen LogP contribution in [-0.2, 0) is 13.0 Å². The van der Waals surface area contributed by atoms with Crippen molar-refractivity contribution in [3.63, 3.8) is 0 Å². The summed E-state index contributed by atoms with van der Waals surface area (Å²) in [5, 5.41) is 4.34. The normalized spacial score (nSPS) is 11.4. The quantitative estimate of drug-likeness (QED) is 0.926. The third kappa shape index (κ3) is 2.91. The topological polar surface area (TPSA) is 51.8 Å². The van der Waals surface area contributed by atoms with Crippen LogP contribution >= 0.6 is 22.7 Å². The number of hydrogen-bond acceptors (Lipinski definition) is 5. The average molecular weight is 267 g/mol. The number of thiazole rings is 2. The van der Waals surface area contributed by atoms with Crippen molar-refractivity contribution in [3.05, 3.63) is 31.7 Å². The van der Waals surface area contributed by atoms with Gasteiger partial charge in [0.2, 0.25) is 0 Å². The fourth-order valence-corrected chi connectivity index (χ4v) is 3.67. The maximum Gasteiger partial charge on any atom is 0.0999 e. The second kappa shape index (κ2) is 5.25. The summed E-state index contributed by atoms with van der Waals surface area (Å²) in [6, 6.07) is 0. The van der Waals surface area contributed by atoms with E-state index in [0.717, 1.165) is 27.8 Å². The molecule has 0 unspecified atom stereocenters. The summed E-state index contributed by atoms with van der Waals surface area (Å²) < 4.78 is 0. The zero-order valence-corrected chi connectivity index (χ0v) is 12.0. The lowest BCUT2D eigenvalue weighted by atomic mass is 10.1. The smallest absolute Gasteiger partial charge is 0.0999 e. The lowest BCUT2D eigenvalue weighted by molar-refractivity contribution is 0.806. The molecule has 2 aromatic rings. The Morgan fingerprint density at radius 2 is 2.06 bits per heavy atom. The van der Waals surface area contributed by atoms with E-state index in [9.17, 15) is 0 Å². The Labute approximate surface area is 110 Å².